The molecule has 2 aromatic rings. The van der Waals surface area contributed by atoms with Gasteiger partial charge in [0.25, 0.3) is 18.3 Å². The molecule has 0 saturated carbocycles. The zero-order valence-electron chi connectivity index (χ0n) is 25.6. The van der Waals surface area contributed by atoms with Crippen molar-refractivity contribution >= 4 is 18.2 Å². The van der Waals surface area contributed by atoms with Crippen LogP contribution in [0, 0.1) is 17.2 Å². The van der Waals surface area contributed by atoms with Gasteiger partial charge in [-0.1, -0.05) is 20.8 Å². The minimum Gasteiger partial charge on any atom is -0.430 e. The van der Waals surface area contributed by atoms with Gasteiger partial charge in [0.1, 0.15) is 12.1 Å². The third-order valence-electron chi connectivity index (χ3n) is 8.34. The van der Waals surface area contributed by atoms with E-state index in [2.05, 4.69) is 51.1 Å². The average Bonchev–Trinajstić information content (AvgIpc) is 3.38. The minimum absolute atomic E-state index is 0.0560. The summed E-state index contributed by atoms with van der Waals surface area (Å²) in [6, 6.07) is 2.47. The molecule has 2 aliphatic rings. The number of nitrogens with one attached hydrogen (secondary N) is 1. The molecule has 42 heavy (non-hydrogen) atoms. The van der Waals surface area contributed by atoms with Crippen molar-refractivity contribution < 1.29 is 23.5 Å². The van der Waals surface area contributed by atoms with Crippen molar-refractivity contribution in [1.82, 2.24) is 30.3 Å². The van der Waals surface area contributed by atoms with Crippen LogP contribution in [0.25, 0.3) is 0 Å². The van der Waals surface area contributed by atoms with Crippen LogP contribution in [0.1, 0.15) is 64.7 Å². The van der Waals surface area contributed by atoms with Gasteiger partial charge < -0.3 is 24.6 Å². The van der Waals surface area contributed by atoms with E-state index in [9.17, 15) is 14.0 Å². The number of likely N-dealkylation sites (tertiary alicyclic amines) is 1. The van der Waals surface area contributed by atoms with Crippen LogP contribution in [0.15, 0.2) is 18.5 Å². The molecule has 2 saturated heterocycles. The highest BCUT2D eigenvalue weighted by molar-refractivity contribution is 5.98. The zero-order valence-corrected chi connectivity index (χ0v) is 25.6. The number of ether oxygens (including phenoxy) is 2. The fourth-order valence-corrected chi connectivity index (χ4v) is 6.30. The number of aromatic nitrogens is 3. The lowest BCUT2D eigenvalue weighted by atomic mass is 9.76. The normalized spacial score (nSPS) is 17.0. The third kappa shape index (κ3) is 6.81. The summed E-state index contributed by atoms with van der Waals surface area (Å²) in [5, 5.41) is 11.6. The Morgan fingerprint density at radius 1 is 1.21 bits per heavy atom. The lowest BCUT2D eigenvalue weighted by Crippen LogP contribution is -2.62. The number of hydrogen-bond donors (Lipinski definition) is 1. The molecule has 1 aromatic carbocycles. The fourth-order valence-electron chi connectivity index (χ4n) is 6.30. The van der Waals surface area contributed by atoms with Crippen molar-refractivity contribution in [2.75, 3.05) is 50.7 Å². The molecule has 0 aliphatic carbocycles. The summed E-state index contributed by atoms with van der Waals surface area (Å²) in [7, 11) is 0. The monoisotopic (exact) mass is 585 g/mol. The van der Waals surface area contributed by atoms with Crippen molar-refractivity contribution in [3.63, 3.8) is 0 Å². The highest BCUT2D eigenvalue weighted by Crippen LogP contribution is 2.45. The largest absolute Gasteiger partial charge is 0.430 e. The van der Waals surface area contributed by atoms with E-state index in [1.807, 2.05) is 20.8 Å². The van der Waals surface area contributed by atoms with Gasteiger partial charge in [-0.2, -0.15) is 0 Å². The zero-order chi connectivity index (χ0) is 30.4. The van der Waals surface area contributed by atoms with Gasteiger partial charge in [0.15, 0.2) is 17.3 Å². The van der Waals surface area contributed by atoms with Crippen LogP contribution < -0.4 is 19.7 Å². The van der Waals surface area contributed by atoms with E-state index in [4.69, 9.17) is 9.47 Å². The second-order valence-corrected chi connectivity index (χ2v) is 11.9. The molecule has 1 amide bonds. The number of benzene rings is 1. The fraction of sp³-hybridized carbons (Fsp3) is 0.633. The van der Waals surface area contributed by atoms with Gasteiger partial charge in [-0.3, -0.25) is 14.5 Å². The Hall–Kier alpha value is -3.38. The maximum atomic E-state index is 14.6. The molecule has 1 N–H and O–H groups in total. The number of amides is 1. The molecule has 1 aromatic heterocycles. The minimum atomic E-state index is -0.735. The van der Waals surface area contributed by atoms with Crippen LogP contribution in [-0.2, 0) is 4.79 Å². The van der Waals surface area contributed by atoms with Gasteiger partial charge in [-0.25, -0.2) is 9.37 Å². The van der Waals surface area contributed by atoms with E-state index in [1.54, 1.807) is 4.90 Å². The molecule has 4 rings (SSSR count). The van der Waals surface area contributed by atoms with E-state index in [0.717, 1.165) is 64.2 Å². The van der Waals surface area contributed by atoms with Crippen molar-refractivity contribution in [2.24, 2.45) is 11.3 Å². The van der Waals surface area contributed by atoms with E-state index in [1.165, 1.54) is 6.33 Å². The molecule has 0 bridgehead atoms. The van der Waals surface area contributed by atoms with E-state index < -0.39 is 11.7 Å². The summed E-state index contributed by atoms with van der Waals surface area (Å²) < 4.78 is 25.8. The number of anilines is 1. The van der Waals surface area contributed by atoms with Gasteiger partial charge >= 0.3 is 0 Å². The highest BCUT2D eigenvalue weighted by atomic mass is 19.1. The van der Waals surface area contributed by atoms with E-state index in [-0.39, 0.29) is 40.9 Å². The molecule has 1 atom stereocenters. The molecular weight excluding hydrogens is 541 g/mol. The van der Waals surface area contributed by atoms with Gasteiger partial charge in [0.2, 0.25) is 0 Å². The Morgan fingerprint density at radius 3 is 2.62 bits per heavy atom. The van der Waals surface area contributed by atoms with E-state index in [0.29, 0.717) is 24.3 Å². The SMILES string of the molecule is CCNCCC(C(C)C)N1CC2(CCN(c3ncnnc3Oc3c(OC=O)cc(F)cc3C(=O)N(CC)C(C)C)C2)C1. The number of halogens is 1. The number of carbonyl (C=O) groups is 2. The molecule has 11 nitrogen and oxygen atoms in total. The number of carbonyl (C=O) groups excluding carboxylic acids is 2. The van der Waals surface area contributed by atoms with Crippen LogP contribution >= 0.6 is 0 Å². The lowest BCUT2D eigenvalue weighted by Gasteiger charge is -2.53. The van der Waals surface area contributed by atoms with Gasteiger partial charge in [-0.15, -0.1) is 10.2 Å². The summed E-state index contributed by atoms with van der Waals surface area (Å²) >= 11 is 0. The van der Waals surface area contributed by atoms with Crippen molar-refractivity contribution in [2.45, 2.75) is 66.5 Å². The Bertz CT molecular complexity index is 1240. The van der Waals surface area contributed by atoms with Gasteiger partial charge in [-0.05, 0) is 58.7 Å². The van der Waals surface area contributed by atoms with Crippen LogP contribution in [0.3, 0.4) is 0 Å². The summed E-state index contributed by atoms with van der Waals surface area (Å²) in [5.41, 5.74) is 0.0682. The van der Waals surface area contributed by atoms with Gasteiger partial charge in [0.05, 0.1) is 5.56 Å². The lowest BCUT2D eigenvalue weighted by molar-refractivity contribution is -0.120. The van der Waals surface area contributed by atoms with Crippen molar-refractivity contribution in [1.29, 1.82) is 0 Å². The number of nitrogens with zero attached hydrogens (tertiary/aromatic N) is 6. The summed E-state index contributed by atoms with van der Waals surface area (Å²) in [4.78, 5) is 35.6. The second-order valence-electron chi connectivity index (χ2n) is 11.9. The van der Waals surface area contributed by atoms with Crippen LogP contribution in [0.5, 0.6) is 17.4 Å². The standard InChI is InChI=1S/C30H44FN7O4/c1-7-32-11-9-24(20(3)4)37-16-30(17-37)10-12-36(15-30)27-28(35-34-18-33-27)42-26-23(29(40)38(8-2)21(5)6)13-22(31)14-25(26)41-19-39/h13-14,18-21,24,32H,7-12,15-17H2,1-6H3. The molecule has 2 fully saturated rings. The van der Waals surface area contributed by atoms with E-state index >= 15 is 0 Å². The maximum Gasteiger partial charge on any atom is 0.298 e. The van der Waals surface area contributed by atoms with Gasteiger partial charge in [0, 0.05) is 56.3 Å². The maximum absolute atomic E-state index is 14.6. The topological polar surface area (TPSA) is 113 Å². The van der Waals surface area contributed by atoms with Crippen LogP contribution in [-0.4, -0.2) is 95.3 Å². The van der Waals surface area contributed by atoms with Crippen LogP contribution in [0.2, 0.25) is 0 Å². The third-order valence-corrected chi connectivity index (χ3v) is 8.34. The van der Waals surface area contributed by atoms with Crippen molar-refractivity contribution in [3.05, 3.63) is 29.8 Å². The van der Waals surface area contributed by atoms with Crippen LogP contribution in [0.4, 0.5) is 10.2 Å². The second kappa shape index (κ2) is 13.7. The first kappa shape index (κ1) is 31.6. The molecule has 230 valence electrons. The Morgan fingerprint density at radius 2 is 1.98 bits per heavy atom. The first-order chi connectivity index (χ1) is 20.1. The summed E-state index contributed by atoms with van der Waals surface area (Å²) in [5.74, 6) is -0.431. The first-order valence-corrected chi connectivity index (χ1v) is 14.9. The quantitative estimate of drug-likeness (QED) is 0.260. The predicted octanol–water partition coefficient (Wildman–Crippen LogP) is 3.75. The molecule has 2 aliphatic heterocycles. The Balaban J connectivity index is 1.57. The molecular formula is C30H44FN7O4. The predicted molar refractivity (Wildman–Crippen MR) is 157 cm³/mol. The summed E-state index contributed by atoms with van der Waals surface area (Å²) in [6.07, 6.45) is 3.48. The number of hydrogen-bond acceptors (Lipinski definition) is 10. The molecule has 1 spiro atoms. The molecule has 1 unspecified atom stereocenters. The first-order valence-electron chi connectivity index (χ1n) is 14.9. The Kier molecular flexibility index (Phi) is 10.3. The number of rotatable bonds is 14. The highest BCUT2D eigenvalue weighted by Gasteiger charge is 2.50. The average molecular weight is 586 g/mol. The molecule has 0 radical (unpaired) electrons. The summed E-state index contributed by atoms with van der Waals surface area (Å²) in [6.45, 7) is 18.4. The molecule has 3 heterocycles. The van der Waals surface area contributed by atoms with Crippen molar-refractivity contribution in [3.8, 4) is 17.4 Å². The molecule has 12 heteroatoms. The smallest absolute Gasteiger partial charge is 0.298 e. The Labute approximate surface area is 247 Å².